The minimum absolute atomic E-state index is 0.305. The van der Waals surface area contributed by atoms with E-state index in [4.69, 9.17) is 10.2 Å². The van der Waals surface area contributed by atoms with Gasteiger partial charge in [-0.2, -0.15) is 11.8 Å². The second kappa shape index (κ2) is 7.03. The van der Waals surface area contributed by atoms with Gasteiger partial charge in [-0.25, -0.2) is 4.79 Å². The predicted molar refractivity (Wildman–Crippen MR) is 69.6 cm³/mol. The first-order valence-corrected chi connectivity index (χ1v) is 6.71. The smallest absolute Gasteiger partial charge is 0.334 e. The Labute approximate surface area is 109 Å². The molecule has 0 aliphatic rings. The molecule has 98 valence electrons. The number of hydrogen-bond acceptors (Lipinski definition) is 4. The highest BCUT2D eigenvalue weighted by atomic mass is 32.2. The molecule has 0 radical (unpaired) electrons. The lowest BCUT2D eigenvalue weighted by Crippen LogP contribution is -2.36. The second-order valence-electron chi connectivity index (χ2n) is 3.70. The number of thioether (sulfide) groups is 1. The molecule has 0 saturated carbocycles. The molecule has 0 fully saturated rings. The van der Waals surface area contributed by atoms with Crippen LogP contribution in [0.3, 0.4) is 0 Å². The van der Waals surface area contributed by atoms with Gasteiger partial charge in [-0.1, -0.05) is 12.1 Å². The molecule has 5 nitrogen and oxygen atoms in total. The molecule has 1 amide bonds. The van der Waals surface area contributed by atoms with Crippen molar-refractivity contribution < 1.29 is 19.8 Å². The molecule has 1 unspecified atom stereocenters. The van der Waals surface area contributed by atoms with Crippen molar-refractivity contribution in [3.05, 3.63) is 35.4 Å². The molecule has 1 atom stereocenters. The summed E-state index contributed by atoms with van der Waals surface area (Å²) in [6.45, 7) is -0.305. The number of hydrogen-bond donors (Lipinski definition) is 3. The summed E-state index contributed by atoms with van der Waals surface area (Å²) < 4.78 is 0. The van der Waals surface area contributed by atoms with Crippen molar-refractivity contribution >= 4 is 23.6 Å². The monoisotopic (exact) mass is 269 g/mol. The van der Waals surface area contributed by atoms with Gasteiger partial charge >= 0.3 is 5.97 Å². The van der Waals surface area contributed by atoms with Crippen LogP contribution in [0.1, 0.15) is 15.9 Å². The Morgan fingerprint density at radius 3 is 2.78 bits per heavy atom. The summed E-state index contributed by atoms with van der Waals surface area (Å²) in [7, 11) is 0. The van der Waals surface area contributed by atoms with Gasteiger partial charge in [-0.15, -0.1) is 0 Å². The summed E-state index contributed by atoms with van der Waals surface area (Å²) in [4.78, 5) is 22.1. The largest absolute Gasteiger partial charge is 0.479 e. The van der Waals surface area contributed by atoms with Crippen LogP contribution in [0.25, 0.3) is 0 Å². The zero-order valence-corrected chi connectivity index (χ0v) is 10.7. The molecule has 1 aromatic rings. The maximum Gasteiger partial charge on any atom is 0.334 e. The molecule has 18 heavy (non-hydrogen) atoms. The molecular weight excluding hydrogens is 254 g/mol. The number of carboxylic acid groups (broad SMARTS) is 1. The van der Waals surface area contributed by atoms with Gasteiger partial charge in [0.2, 0.25) is 0 Å². The maximum absolute atomic E-state index is 11.7. The highest BCUT2D eigenvalue weighted by Crippen LogP contribution is 2.11. The van der Waals surface area contributed by atoms with Crippen LogP contribution in [0, 0.1) is 0 Å². The van der Waals surface area contributed by atoms with Crippen LogP contribution in [0.15, 0.2) is 24.3 Å². The average molecular weight is 269 g/mol. The second-order valence-corrected chi connectivity index (χ2v) is 4.56. The van der Waals surface area contributed by atoms with E-state index in [0.29, 0.717) is 5.56 Å². The molecule has 0 saturated heterocycles. The van der Waals surface area contributed by atoms with E-state index in [9.17, 15) is 9.59 Å². The van der Waals surface area contributed by atoms with E-state index in [0.717, 1.165) is 11.3 Å². The minimum atomic E-state index is -1.58. The standard InChI is InChI=1S/C12H15NO4S/c1-18-7-8-3-2-4-9(5-8)11(15)13-6-10(14)12(16)17/h2-5,10,14H,6-7H2,1H3,(H,13,15)(H,16,17). The molecule has 0 heterocycles. The third kappa shape index (κ3) is 4.38. The summed E-state index contributed by atoms with van der Waals surface area (Å²) in [5.41, 5.74) is 1.48. The Hall–Kier alpha value is -1.53. The Morgan fingerprint density at radius 1 is 1.44 bits per heavy atom. The Balaban J connectivity index is 2.61. The molecular formula is C12H15NO4S. The molecule has 0 spiro atoms. The summed E-state index contributed by atoms with van der Waals surface area (Å²) >= 11 is 1.65. The third-order valence-corrected chi connectivity index (χ3v) is 2.86. The van der Waals surface area contributed by atoms with Crippen LogP contribution in [-0.4, -0.2) is 41.0 Å². The van der Waals surface area contributed by atoms with E-state index in [1.807, 2.05) is 12.3 Å². The van der Waals surface area contributed by atoms with Gasteiger partial charge in [0.05, 0.1) is 6.54 Å². The fraction of sp³-hybridized carbons (Fsp3) is 0.333. The molecule has 0 aliphatic carbocycles. The van der Waals surface area contributed by atoms with Crippen LogP contribution < -0.4 is 5.32 Å². The van der Waals surface area contributed by atoms with Gasteiger partial charge in [0.25, 0.3) is 5.91 Å². The lowest BCUT2D eigenvalue weighted by molar-refractivity contribution is -0.146. The van der Waals surface area contributed by atoms with Gasteiger partial charge < -0.3 is 15.5 Å². The van der Waals surface area contributed by atoms with Crippen molar-refractivity contribution in [2.45, 2.75) is 11.9 Å². The summed E-state index contributed by atoms with van der Waals surface area (Å²) in [5.74, 6) is -0.941. The van der Waals surface area contributed by atoms with Crippen LogP contribution in [0.4, 0.5) is 0 Å². The van der Waals surface area contributed by atoms with Crippen LogP contribution >= 0.6 is 11.8 Å². The van der Waals surface area contributed by atoms with Crippen LogP contribution in [-0.2, 0) is 10.5 Å². The lowest BCUT2D eigenvalue weighted by atomic mass is 10.1. The first kappa shape index (κ1) is 14.5. The summed E-state index contributed by atoms with van der Waals surface area (Å²) in [6.07, 6.45) is 0.388. The summed E-state index contributed by atoms with van der Waals surface area (Å²) in [5, 5.41) is 19.9. The minimum Gasteiger partial charge on any atom is -0.479 e. The van der Waals surface area contributed by atoms with Gasteiger partial charge in [0, 0.05) is 11.3 Å². The maximum atomic E-state index is 11.7. The Bertz CT molecular complexity index is 436. The number of aliphatic hydroxyl groups excluding tert-OH is 1. The van der Waals surface area contributed by atoms with E-state index in [2.05, 4.69) is 5.32 Å². The Kier molecular flexibility index (Phi) is 5.67. The van der Waals surface area contributed by atoms with Gasteiger partial charge in [-0.05, 0) is 24.0 Å². The van der Waals surface area contributed by atoms with E-state index < -0.39 is 18.0 Å². The molecule has 0 aliphatic heterocycles. The first-order chi connectivity index (χ1) is 8.54. The average Bonchev–Trinajstić information content (AvgIpc) is 2.36. The number of carbonyl (C=O) groups is 2. The highest BCUT2D eigenvalue weighted by molar-refractivity contribution is 7.97. The van der Waals surface area contributed by atoms with Crippen molar-refractivity contribution in [2.75, 3.05) is 12.8 Å². The van der Waals surface area contributed by atoms with Crippen molar-refractivity contribution in [1.82, 2.24) is 5.32 Å². The quantitative estimate of drug-likeness (QED) is 0.708. The van der Waals surface area contributed by atoms with E-state index in [1.165, 1.54) is 0 Å². The summed E-state index contributed by atoms with van der Waals surface area (Å²) in [6, 6.07) is 7.08. The SMILES string of the molecule is CSCc1cccc(C(=O)NCC(O)C(=O)O)c1. The number of rotatable bonds is 6. The number of aliphatic carboxylic acids is 1. The van der Waals surface area contributed by atoms with Gasteiger partial charge in [-0.3, -0.25) is 4.79 Å². The number of benzene rings is 1. The molecule has 1 rings (SSSR count). The van der Waals surface area contributed by atoms with Crippen molar-refractivity contribution in [1.29, 1.82) is 0 Å². The van der Waals surface area contributed by atoms with Crippen LogP contribution in [0.5, 0.6) is 0 Å². The van der Waals surface area contributed by atoms with E-state index in [1.54, 1.807) is 30.0 Å². The van der Waals surface area contributed by atoms with Gasteiger partial charge in [0.15, 0.2) is 6.10 Å². The van der Waals surface area contributed by atoms with Crippen molar-refractivity contribution in [3.8, 4) is 0 Å². The fourth-order valence-electron chi connectivity index (χ4n) is 1.35. The van der Waals surface area contributed by atoms with E-state index in [-0.39, 0.29) is 6.54 Å². The number of carbonyl (C=O) groups excluding carboxylic acids is 1. The van der Waals surface area contributed by atoms with E-state index >= 15 is 0 Å². The third-order valence-electron chi connectivity index (χ3n) is 2.24. The number of aliphatic hydroxyl groups is 1. The zero-order chi connectivity index (χ0) is 13.5. The van der Waals surface area contributed by atoms with Crippen molar-refractivity contribution in [3.63, 3.8) is 0 Å². The number of carboxylic acids is 1. The lowest BCUT2D eigenvalue weighted by Gasteiger charge is -2.08. The van der Waals surface area contributed by atoms with Crippen molar-refractivity contribution in [2.24, 2.45) is 0 Å². The molecule has 1 aromatic carbocycles. The van der Waals surface area contributed by atoms with Crippen LogP contribution in [0.2, 0.25) is 0 Å². The normalized spacial score (nSPS) is 11.9. The molecule has 0 bridgehead atoms. The topological polar surface area (TPSA) is 86.6 Å². The molecule has 3 N–H and O–H groups in total. The zero-order valence-electron chi connectivity index (χ0n) is 9.92. The number of nitrogens with one attached hydrogen (secondary N) is 1. The van der Waals surface area contributed by atoms with Gasteiger partial charge in [0.1, 0.15) is 0 Å². The highest BCUT2D eigenvalue weighted by Gasteiger charge is 2.14. The first-order valence-electron chi connectivity index (χ1n) is 5.31. The Morgan fingerprint density at radius 2 is 2.17 bits per heavy atom. The molecule has 6 heteroatoms. The number of amides is 1. The predicted octanol–water partition coefficient (Wildman–Crippen LogP) is 0.725. The fourth-order valence-corrected chi connectivity index (χ4v) is 1.86. The molecule has 0 aromatic heterocycles.